The predicted octanol–water partition coefficient (Wildman–Crippen LogP) is 1.92. The lowest BCUT2D eigenvalue weighted by Gasteiger charge is -2.23. The molecule has 2 aliphatic heterocycles. The molecule has 1 atom stereocenters. The molecule has 1 saturated heterocycles. The van der Waals surface area contributed by atoms with E-state index in [1.165, 1.54) is 4.90 Å². The van der Waals surface area contributed by atoms with Crippen LogP contribution < -0.4 is 24.4 Å². The highest BCUT2D eigenvalue weighted by molar-refractivity contribution is 6.01. The topological polar surface area (TPSA) is 97.4 Å². The van der Waals surface area contributed by atoms with Gasteiger partial charge in [0.05, 0.1) is 19.6 Å². The molecule has 9 heteroatoms. The standard InChI is InChI=1S/C23H25N3O6/c1-25(14-21(27)24-16-4-3-5-18(11-16)30-2)23(29)15-10-22(28)26(13-15)17-6-7-19-20(12-17)32-9-8-31-19/h3-7,11-12,15H,8-10,13-14H2,1-2H3,(H,24,27)/t15-/m0/s1. The van der Waals surface area contributed by atoms with Crippen molar-refractivity contribution in [3.05, 3.63) is 42.5 Å². The monoisotopic (exact) mass is 439 g/mol. The summed E-state index contributed by atoms with van der Waals surface area (Å²) in [4.78, 5) is 40.8. The number of hydrogen-bond acceptors (Lipinski definition) is 6. The minimum atomic E-state index is -0.523. The van der Waals surface area contributed by atoms with Crippen LogP contribution in [0.25, 0.3) is 0 Å². The van der Waals surface area contributed by atoms with Gasteiger partial charge in [0, 0.05) is 43.5 Å². The smallest absolute Gasteiger partial charge is 0.243 e. The van der Waals surface area contributed by atoms with Crippen molar-refractivity contribution in [3.63, 3.8) is 0 Å². The molecule has 0 bridgehead atoms. The molecule has 0 unspecified atom stereocenters. The Labute approximate surface area is 185 Å². The largest absolute Gasteiger partial charge is 0.497 e. The zero-order valence-electron chi connectivity index (χ0n) is 18.0. The highest BCUT2D eigenvalue weighted by Gasteiger charge is 2.37. The van der Waals surface area contributed by atoms with Gasteiger partial charge in [-0.15, -0.1) is 0 Å². The van der Waals surface area contributed by atoms with Crippen molar-refractivity contribution in [1.82, 2.24) is 4.90 Å². The number of carbonyl (C=O) groups is 3. The molecule has 168 valence electrons. The van der Waals surface area contributed by atoms with Crippen molar-refractivity contribution in [2.45, 2.75) is 6.42 Å². The number of fused-ring (bicyclic) bond motifs is 1. The first-order chi connectivity index (χ1) is 15.4. The van der Waals surface area contributed by atoms with Crippen LogP contribution in [0.1, 0.15) is 6.42 Å². The van der Waals surface area contributed by atoms with E-state index in [1.807, 2.05) is 0 Å². The van der Waals surface area contributed by atoms with Gasteiger partial charge < -0.3 is 29.3 Å². The number of likely N-dealkylation sites (N-methyl/N-ethyl adjacent to an activating group) is 1. The van der Waals surface area contributed by atoms with Crippen LogP contribution in [0.15, 0.2) is 42.5 Å². The lowest BCUT2D eigenvalue weighted by atomic mass is 10.1. The molecule has 3 amide bonds. The van der Waals surface area contributed by atoms with E-state index in [4.69, 9.17) is 14.2 Å². The third kappa shape index (κ3) is 4.61. The molecular weight excluding hydrogens is 414 g/mol. The van der Waals surface area contributed by atoms with Gasteiger partial charge in [-0.2, -0.15) is 0 Å². The third-order valence-electron chi connectivity index (χ3n) is 5.42. The number of methoxy groups -OCH3 is 1. The van der Waals surface area contributed by atoms with Gasteiger partial charge >= 0.3 is 0 Å². The summed E-state index contributed by atoms with van der Waals surface area (Å²) < 4.78 is 16.2. The van der Waals surface area contributed by atoms with Crippen molar-refractivity contribution in [2.24, 2.45) is 5.92 Å². The molecule has 2 aliphatic rings. The minimum Gasteiger partial charge on any atom is -0.497 e. The fourth-order valence-electron chi connectivity index (χ4n) is 3.83. The number of carbonyl (C=O) groups excluding carboxylic acids is 3. The molecule has 2 aromatic carbocycles. The second-order valence-electron chi connectivity index (χ2n) is 7.71. The maximum absolute atomic E-state index is 12.9. The molecule has 32 heavy (non-hydrogen) atoms. The lowest BCUT2D eigenvalue weighted by Crippen LogP contribution is -2.39. The molecule has 1 fully saturated rings. The van der Waals surface area contributed by atoms with Gasteiger partial charge in [-0.1, -0.05) is 6.07 Å². The van der Waals surface area contributed by atoms with Crippen molar-refractivity contribution in [2.75, 3.05) is 50.7 Å². The van der Waals surface area contributed by atoms with E-state index in [2.05, 4.69) is 5.32 Å². The summed E-state index contributed by atoms with van der Waals surface area (Å²) in [6, 6.07) is 12.3. The number of hydrogen-bond donors (Lipinski definition) is 1. The molecule has 4 rings (SSSR count). The number of amides is 3. The van der Waals surface area contributed by atoms with Crippen LogP contribution in [0, 0.1) is 5.92 Å². The molecule has 0 aliphatic carbocycles. The van der Waals surface area contributed by atoms with E-state index < -0.39 is 5.92 Å². The number of benzene rings is 2. The fraction of sp³-hybridized carbons (Fsp3) is 0.348. The normalized spacial score (nSPS) is 17.1. The molecule has 0 radical (unpaired) electrons. The van der Waals surface area contributed by atoms with Crippen LogP contribution in [0.2, 0.25) is 0 Å². The first kappa shape index (κ1) is 21.5. The zero-order chi connectivity index (χ0) is 22.7. The Balaban J connectivity index is 1.36. The molecule has 0 aromatic heterocycles. The Morgan fingerprint density at radius 1 is 1.16 bits per heavy atom. The SMILES string of the molecule is COc1cccc(NC(=O)CN(C)C(=O)[C@H]2CC(=O)N(c3ccc4c(c3)OCCO4)C2)c1. The molecule has 2 aromatic rings. The van der Waals surface area contributed by atoms with Crippen molar-refractivity contribution >= 4 is 29.1 Å². The average molecular weight is 439 g/mol. The van der Waals surface area contributed by atoms with Gasteiger partial charge in [0.15, 0.2) is 11.5 Å². The summed E-state index contributed by atoms with van der Waals surface area (Å²) in [5, 5.41) is 2.75. The molecule has 1 N–H and O–H groups in total. The average Bonchev–Trinajstić information content (AvgIpc) is 3.19. The Morgan fingerprint density at radius 2 is 1.94 bits per heavy atom. The molecule has 2 heterocycles. The molecular formula is C23H25N3O6. The highest BCUT2D eigenvalue weighted by atomic mass is 16.6. The second kappa shape index (κ2) is 9.17. The maximum atomic E-state index is 12.9. The van der Waals surface area contributed by atoms with Gasteiger partial charge in [0.1, 0.15) is 19.0 Å². The number of anilines is 2. The quantitative estimate of drug-likeness (QED) is 0.739. The number of rotatable bonds is 6. The van der Waals surface area contributed by atoms with Crippen LogP contribution >= 0.6 is 0 Å². The number of nitrogens with zero attached hydrogens (tertiary/aromatic N) is 2. The van der Waals surface area contributed by atoms with Gasteiger partial charge in [0.2, 0.25) is 17.7 Å². The van der Waals surface area contributed by atoms with Gasteiger partial charge in [-0.05, 0) is 24.3 Å². The van der Waals surface area contributed by atoms with Crippen LogP contribution in [-0.2, 0) is 14.4 Å². The van der Waals surface area contributed by atoms with Gasteiger partial charge in [-0.25, -0.2) is 0 Å². The summed E-state index contributed by atoms with van der Waals surface area (Å²) in [6.45, 7) is 1.07. The van der Waals surface area contributed by atoms with Crippen molar-refractivity contribution < 1.29 is 28.6 Å². The molecule has 0 saturated carbocycles. The number of nitrogens with one attached hydrogen (secondary N) is 1. The van der Waals surface area contributed by atoms with Gasteiger partial charge in [-0.3, -0.25) is 14.4 Å². The Bertz CT molecular complexity index is 1040. The van der Waals surface area contributed by atoms with Crippen LogP contribution in [0.4, 0.5) is 11.4 Å². The van der Waals surface area contributed by atoms with E-state index in [0.29, 0.717) is 41.8 Å². The molecule has 0 spiro atoms. The van der Waals surface area contributed by atoms with E-state index in [9.17, 15) is 14.4 Å². The Hall–Kier alpha value is -3.75. The van der Waals surface area contributed by atoms with Crippen molar-refractivity contribution in [3.8, 4) is 17.2 Å². The Kier molecular flexibility index (Phi) is 6.16. The lowest BCUT2D eigenvalue weighted by molar-refractivity contribution is -0.137. The third-order valence-corrected chi connectivity index (χ3v) is 5.42. The Morgan fingerprint density at radius 3 is 2.72 bits per heavy atom. The summed E-state index contributed by atoms with van der Waals surface area (Å²) in [6.07, 6.45) is 0.0924. The van der Waals surface area contributed by atoms with Crippen LogP contribution in [0.5, 0.6) is 17.2 Å². The minimum absolute atomic E-state index is 0.0924. The van der Waals surface area contributed by atoms with Crippen molar-refractivity contribution in [1.29, 1.82) is 0 Å². The second-order valence-corrected chi connectivity index (χ2v) is 7.71. The number of ether oxygens (including phenoxy) is 3. The summed E-state index contributed by atoms with van der Waals surface area (Å²) >= 11 is 0. The van der Waals surface area contributed by atoms with E-state index in [0.717, 1.165) is 0 Å². The first-order valence-electron chi connectivity index (χ1n) is 10.3. The zero-order valence-corrected chi connectivity index (χ0v) is 18.0. The summed E-state index contributed by atoms with van der Waals surface area (Å²) in [7, 11) is 3.11. The summed E-state index contributed by atoms with van der Waals surface area (Å²) in [5.41, 5.74) is 1.24. The highest BCUT2D eigenvalue weighted by Crippen LogP contribution is 2.36. The molecule has 9 nitrogen and oxygen atoms in total. The first-order valence-corrected chi connectivity index (χ1v) is 10.3. The van der Waals surface area contributed by atoms with E-state index in [-0.39, 0.29) is 37.2 Å². The van der Waals surface area contributed by atoms with E-state index in [1.54, 1.807) is 61.5 Å². The summed E-state index contributed by atoms with van der Waals surface area (Å²) in [5.74, 6) is 0.598. The van der Waals surface area contributed by atoms with Crippen LogP contribution in [0.3, 0.4) is 0 Å². The fourth-order valence-corrected chi connectivity index (χ4v) is 3.83. The van der Waals surface area contributed by atoms with Gasteiger partial charge in [0.25, 0.3) is 0 Å². The van der Waals surface area contributed by atoms with E-state index >= 15 is 0 Å². The maximum Gasteiger partial charge on any atom is 0.243 e. The predicted molar refractivity (Wildman–Crippen MR) is 117 cm³/mol. The van der Waals surface area contributed by atoms with Crippen LogP contribution in [-0.4, -0.2) is 63.1 Å².